The van der Waals surface area contributed by atoms with E-state index in [2.05, 4.69) is 43.2 Å². The normalized spacial score (nSPS) is 45.9. The van der Waals surface area contributed by atoms with Crippen molar-refractivity contribution in [3.8, 4) is 0 Å². The van der Waals surface area contributed by atoms with Crippen molar-refractivity contribution in [2.75, 3.05) is 0 Å². The maximum absolute atomic E-state index is 4.40. The molecule has 3 fully saturated rings. The van der Waals surface area contributed by atoms with Crippen LogP contribution in [0.2, 0.25) is 0 Å². The Kier molecular flexibility index (Phi) is 3.84. The summed E-state index contributed by atoms with van der Waals surface area (Å²) in [5, 5.41) is 0. The van der Waals surface area contributed by atoms with Crippen LogP contribution in [0, 0.1) is 40.9 Å². The molecular weight excluding hydrogens is 302 g/mol. The van der Waals surface area contributed by atoms with Gasteiger partial charge in [-0.05, 0) is 103 Å². The van der Waals surface area contributed by atoms with E-state index in [1.54, 1.807) is 5.57 Å². The van der Waals surface area contributed by atoms with E-state index < -0.39 is 0 Å². The molecule has 134 valence electrons. The molecule has 25 heavy (non-hydrogen) atoms. The van der Waals surface area contributed by atoms with Gasteiger partial charge in [0.2, 0.25) is 0 Å². The van der Waals surface area contributed by atoms with Crippen molar-refractivity contribution in [3.63, 3.8) is 0 Å². The highest BCUT2D eigenvalue weighted by Gasteiger charge is 2.54. The van der Waals surface area contributed by atoms with Crippen LogP contribution in [0.1, 0.15) is 70.8 Å². The monoisotopic (exact) mass is 335 g/mol. The number of aromatic nitrogens is 1. The van der Waals surface area contributed by atoms with Crippen molar-refractivity contribution in [3.05, 3.63) is 36.2 Å². The van der Waals surface area contributed by atoms with Crippen LogP contribution < -0.4 is 0 Å². The lowest BCUT2D eigenvalue weighted by molar-refractivity contribution is -0.0443. The molecule has 0 radical (unpaired) electrons. The largest absolute Gasteiger partial charge is 0.264 e. The van der Waals surface area contributed by atoms with Crippen LogP contribution in [0.5, 0.6) is 0 Å². The van der Waals surface area contributed by atoms with E-state index in [0.29, 0.717) is 5.41 Å². The fourth-order valence-electron chi connectivity index (χ4n) is 7.62. The molecule has 1 heteroatoms. The molecule has 4 aliphatic rings. The zero-order valence-electron chi connectivity index (χ0n) is 16.0. The standard InChI is InChI=1S/C24H33N/c1-16-5-7-19-17(14-16)6-8-21-20(19)11-12-24(2)22(9-10-23(21)24)18-4-3-13-25-15-18/h3-4,9,13,15-17,19-21,23H,5-8,10-12,14H2,1-2H3/t16-,17-,19-,20+,21+,23-,24+/m0/s1. The van der Waals surface area contributed by atoms with Crippen LogP contribution in [-0.4, -0.2) is 4.98 Å². The first-order valence-electron chi connectivity index (χ1n) is 10.8. The minimum Gasteiger partial charge on any atom is -0.264 e. The van der Waals surface area contributed by atoms with E-state index in [0.717, 1.165) is 35.5 Å². The van der Waals surface area contributed by atoms with Gasteiger partial charge in [0.1, 0.15) is 0 Å². The van der Waals surface area contributed by atoms with E-state index in [-0.39, 0.29) is 0 Å². The second kappa shape index (κ2) is 5.96. The number of hydrogen-bond acceptors (Lipinski definition) is 1. The summed E-state index contributed by atoms with van der Waals surface area (Å²) in [6.07, 6.45) is 18.3. The van der Waals surface area contributed by atoms with Crippen molar-refractivity contribution in [2.45, 2.75) is 65.2 Å². The molecule has 4 aliphatic carbocycles. The predicted octanol–water partition coefficient (Wildman–Crippen LogP) is 6.36. The van der Waals surface area contributed by atoms with Gasteiger partial charge in [0.15, 0.2) is 0 Å². The van der Waals surface area contributed by atoms with Gasteiger partial charge in [-0.3, -0.25) is 4.98 Å². The van der Waals surface area contributed by atoms with Gasteiger partial charge < -0.3 is 0 Å². The van der Waals surface area contributed by atoms with Gasteiger partial charge in [0.05, 0.1) is 0 Å². The molecule has 0 amide bonds. The molecule has 7 atom stereocenters. The minimum absolute atomic E-state index is 0.402. The second-order valence-electron chi connectivity index (χ2n) is 9.91. The smallest absolute Gasteiger partial charge is 0.0343 e. The van der Waals surface area contributed by atoms with Gasteiger partial charge in [-0.2, -0.15) is 0 Å². The molecule has 0 bridgehead atoms. The average Bonchev–Trinajstić information content (AvgIpc) is 2.99. The topological polar surface area (TPSA) is 12.9 Å². The molecular formula is C24H33N. The highest BCUT2D eigenvalue weighted by atomic mass is 14.6. The maximum Gasteiger partial charge on any atom is 0.0343 e. The third-order valence-corrected chi connectivity index (χ3v) is 8.77. The fourth-order valence-corrected chi connectivity index (χ4v) is 7.62. The Bertz CT molecular complexity index is 662. The Morgan fingerprint density at radius 1 is 1.04 bits per heavy atom. The molecule has 3 saturated carbocycles. The van der Waals surface area contributed by atoms with Crippen molar-refractivity contribution in [1.82, 2.24) is 4.98 Å². The van der Waals surface area contributed by atoms with Gasteiger partial charge in [-0.1, -0.05) is 32.4 Å². The van der Waals surface area contributed by atoms with Crippen molar-refractivity contribution in [2.24, 2.45) is 40.9 Å². The Balaban J connectivity index is 1.41. The van der Waals surface area contributed by atoms with Crippen LogP contribution in [-0.2, 0) is 0 Å². The van der Waals surface area contributed by atoms with Crippen LogP contribution in [0.3, 0.4) is 0 Å². The molecule has 0 saturated heterocycles. The first-order chi connectivity index (χ1) is 12.2. The molecule has 0 aliphatic heterocycles. The molecule has 1 nitrogen and oxygen atoms in total. The van der Waals surface area contributed by atoms with Gasteiger partial charge in [0.25, 0.3) is 0 Å². The summed E-state index contributed by atoms with van der Waals surface area (Å²) in [7, 11) is 0. The Morgan fingerprint density at radius 3 is 2.76 bits per heavy atom. The molecule has 0 N–H and O–H groups in total. The number of fused-ring (bicyclic) bond motifs is 5. The zero-order valence-corrected chi connectivity index (χ0v) is 16.0. The molecule has 0 spiro atoms. The van der Waals surface area contributed by atoms with Crippen LogP contribution >= 0.6 is 0 Å². The lowest BCUT2D eigenvalue weighted by atomic mass is 9.49. The van der Waals surface area contributed by atoms with Crippen LogP contribution in [0.15, 0.2) is 30.6 Å². The van der Waals surface area contributed by atoms with E-state index >= 15 is 0 Å². The van der Waals surface area contributed by atoms with Gasteiger partial charge in [0, 0.05) is 12.4 Å². The summed E-state index contributed by atoms with van der Waals surface area (Å²) >= 11 is 0. The van der Waals surface area contributed by atoms with Crippen molar-refractivity contribution < 1.29 is 0 Å². The summed E-state index contributed by atoms with van der Waals surface area (Å²) in [4.78, 5) is 4.40. The summed E-state index contributed by atoms with van der Waals surface area (Å²) in [5.74, 6) is 6.01. The van der Waals surface area contributed by atoms with Crippen LogP contribution in [0.4, 0.5) is 0 Å². The van der Waals surface area contributed by atoms with Crippen molar-refractivity contribution in [1.29, 1.82) is 0 Å². The highest BCUT2D eigenvalue weighted by Crippen LogP contribution is 2.64. The highest BCUT2D eigenvalue weighted by molar-refractivity contribution is 5.72. The third-order valence-electron chi connectivity index (χ3n) is 8.77. The SMILES string of the molecule is C[C@H]1CC[C@H]2[C@@H](CC[C@@H]3[C@@H]2CC[C@]2(C)C(c4cccnc4)=CC[C@@H]32)C1. The quantitative estimate of drug-likeness (QED) is 0.581. The van der Waals surface area contributed by atoms with E-state index in [4.69, 9.17) is 0 Å². The molecule has 0 aromatic carbocycles. The van der Waals surface area contributed by atoms with Crippen molar-refractivity contribution >= 4 is 5.57 Å². The third kappa shape index (κ3) is 2.45. The predicted molar refractivity (Wildman–Crippen MR) is 104 cm³/mol. The lowest BCUT2D eigenvalue weighted by Crippen LogP contribution is -2.47. The first-order valence-corrected chi connectivity index (χ1v) is 10.8. The summed E-state index contributed by atoms with van der Waals surface area (Å²) in [6, 6.07) is 4.38. The van der Waals surface area contributed by atoms with E-state index in [1.165, 1.54) is 56.9 Å². The molecule has 1 aromatic rings. The summed E-state index contributed by atoms with van der Waals surface area (Å²) in [5.41, 5.74) is 3.40. The van der Waals surface area contributed by atoms with E-state index in [9.17, 15) is 0 Å². The molecule has 1 heterocycles. The second-order valence-corrected chi connectivity index (χ2v) is 9.91. The number of nitrogens with zero attached hydrogens (tertiary/aromatic N) is 1. The van der Waals surface area contributed by atoms with Gasteiger partial charge in [-0.15, -0.1) is 0 Å². The molecule has 0 unspecified atom stereocenters. The minimum atomic E-state index is 0.402. The summed E-state index contributed by atoms with van der Waals surface area (Å²) < 4.78 is 0. The number of hydrogen-bond donors (Lipinski definition) is 0. The Labute approximate surface area is 153 Å². The maximum atomic E-state index is 4.40. The Hall–Kier alpha value is -1.11. The zero-order chi connectivity index (χ0) is 17.0. The van der Waals surface area contributed by atoms with E-state index in [1.807, 2.05) is 6.20 Å². The van der Waals surface area contributed by atoms with Crippen LogP contribution in [0.25, 0.3) is 5.57 Å². The molecule has 1 aromatic heterocycles. The first kappa shape index (κ1) is 16.1. The number of rotatable bonds is 1. The Morgan fingerprint density at radius 2 is 1.92 bits per heavy atom. The fraction of sp³-hybridized carbons (Fsp3) is 0.708. The average molecular weight is 336 g/mol. The van der Waals surface area contributed by atoms with Gasteiger partial charge >= 0.3 is 0 Å². The lowest BCUT2D eigenvalue weighted by Gasteiger charge is -2.56. The number of allylic oxidation sites excluding steroid dienone is 2. The summed E-state index contributed by atoms with van der Waals surface area (Å²) in [6.45, 7) is 5.07. The molecule has 5 rings (SSSR count). The number of pyridine rings is 1. The van der Waals surface area contributed by atoms with Gasteiger partial charge in [-0.25, -0.2) is 0 Å².